The number of benzene rings is 1. The molecule has 0 radical (unpaired) electrons. The SMILES string of the molecule is O=[N+]([O-])c1nn(Cc2ccccc2Br)cc1Cl. The Morgan fingerprint density at radius 1 is 1.47 bits per heavy atom. The first-order valence-corrected chi connectivity index (χ1v) is 5.86. The van der Waals surface area contributed by atoms with Crippen LogP contribution in [-0.4, -0.2) is 14.7 Å². The van der Waals surface area contributed by atoms with E-state index in [1.54, 1.807) is 0 Å². The predicted octanol–water partition coefficient (Wildman–Crippen LogP) is 3.26. The quantitative estimate of drug-likeness (QED) is 0.645. The molecule has 1 heterocycles. The van der Waals surface area contributed by atoms with E-state index < -0.39 is 4.92 Å². The van der Waals surface area contributed by atoms with E-state index >= 15 is 0 Å². The number of nitro groups is 1. The van der Waals surface area contributed by atoms with Crippen molar-refractivity contribution in [1.29, 1.82) is 0 Å². The molecule has 0 aliphatic rings. The Hall–Kier alpha value is -1.40. The van der Waals surface area contributed by atoms with Crippen molar-refractivity contribution in [3.63, 3.8) is 0 Å². The van der Waals surface area contributed by atoms with Crippen molar-refractivity contribution < 1.29 is 4.92 Å². The molecular weight excluding hydrogens is 309 g/mol. The van der Waals surface area contributed by atoms with Crippen molar-refractivity contribution in [2.75, 3.05) is 0 Å². The molecule has 5 nitrogen and oxygen atoms in total. The summed E-state index contributed by atoms with van der Waals surface area (Å²) in [6.07, 6.45) is 1.44. The molecule has 0 atom stereocenters. The zero-order chi connectivity index (χ0) is 12.4. The van der Waals surface area contributed by atoms with Gasteiger partial charge in [-0.3, -0.25) is 0 Å². The summed E-state index contributed by atoms with van der Waals surface area (Å²) >= 11 is 9.11. The van der Waals surface area contributed by atoms with Crippen LogP contribution in [0.5, 0.6) is 0 Å². The van der Waals surface area contributed by atoms with Crippen LogP contribution in [0.3, 0.4) is 0 Å². The fraction of sp³-hybridized carbons (Fsp3) is 0.100. The van der Waals surface area contributed by atoms with Crippen LogP contribution in [0.4, 0.5) is 5.82 Å². The molecule has 0 saturated heterocycles. The fourth-order valence-corrected chi connectivity index (χ4v) is 2.02. The Labute approximate surface area is 110 Å². The molecule has 0 fully saturated rings. The first-order chi connectivity index (χ1) is 8.08. The van der Waals surface area contributed by atoms with Gasteiger partial charge in [0.15, 0.2) is 5.02 Å². The summed E-state index contributed by atoms with van der Waals surface area (Å²) in [4.78, 5) is 9.99. The molecule has 0 saturated carbocycles. The molecule has 0 aliphatic carbocycles. The van der Waals surface area contributed by atoms with Gasteiger partial charge in [0.25, 0.3) is 0 Å². The molecule has 0 amide bonds. The maximum absolute atomic E-state index is 10.6. The van der Waals surface area contributed by atoms with E-state index in [1.165, 1.54) is 10.9 Å². The van der Waals surface area contributed by atoms with E-state index in [0.717, 1.165) is 10.0 Å². The van der Waals surface area contributed by atoms with Gasteiger partial charge in [-0.2, -0.15) is 4.68 Å². The van der Waals surface area contributed by atoms with Crippen LogP contribution in [0.1, 0.15) is 5.56 Å². The lowest BCUT2D eigenvalue weighted by Gasteiger charge is -2.00. The molecule has 0 bridgehead atoms. The summed E-state index contributed by atoms with van der Waals surface area (Å²) < 4.78 is 2.37. The van der Waals surface area contributed by atoms with E-state index in [4.69, 9.17) is 11.6 Å². The molecule has 88 valence electrons. The largest absolute Gasteiger partial charge is 0.408 e. The minimum Gasteiger partial charge on any atom is -0.358 e. The number of aromatic nitrogens is 2. The van der Waals surface area contributed by atoms with Gasteiger partial charge in [0.1, 0.15) is 0 Å². The molecule has 2 aromatic rings. The van der Waals surface area contributed by atoms with Gasteiger partial charge in [0.05, 0.1) is 17.8 Å². The van der Waals surface area contributed by atoms with E-state index in [-0.39, 0.29) is 10.8 Å². The zero-order valence-electron chi connectivity index (χ0n) is 8.51. The van der Waals surface area contributed by atoms with Gasteiger partial charge in [-0.1, -0.05) is 45.7 Å². The number of rotatable bonds is 3. The second-order valence-electron chi connectivity index (χ2n) is 3.35. The molecule has 0 spiro atoms. The normalized spacial score (nSPS) is 10.5. The fourth-order valence-electron chi connectivity index (χ4n) is 1.39. The van der Waals surface area contributed by atoms with Crippen molar-refractivity contribution in [2.24, 2.45) is 0 Å². The highest BCUT2D eigenvalue weighted by atomic mass is 79.9. The summed E-state index contributed by atoms with van der Waals surface area (Å²) in [6, 6.07) is 7.59. The third kappa shape index (κ3) is 2.65. The average molecular weight is 317 g/mol. The van der Waals surface area contributed by atoms with Crippen LogP contribution in [0.15, 0.2) is 34.9 Å². The van der Waals surface area contributed by atoms with Gasteiger partial charge >= 0.3 is 5.82 Å². The maximum atomic E-state index is 10.6. The summed E-state index contributed by atoms with van der Waals surface area (Å²) in [5.74, 6) is -0.321. The van der Waals surface area contributed by atoms with Crippen LogP contribution in [0.2, 0.25) is 5.02 Å². The molecule has 7 heteroatoms. The minimum atomic E-state index is -0.598. The predicted molar refractivity (Wildman–Crippen MR) is 67.1 cm³/mol. The molecule has 0 unspecified atom stereocenters. The molecular formula is C10H7BrClN3O2. The zero-order valence-corrected chi connectivity index (χ0v) is 10.8. The lowest BCUT2D eigenvalue weighted by molar-refractivity contribution is -0.389. The third-order valence-corrected chi connectivity index (χ3v) is 3.20. The average Bonchev–Trinajstić information content (AvgIpc) is 2.63. The number of nitrogens with zero attached hydrogens (tertiary/aromatic N) is 3. The summed E-state index contributed by atoms with van der Waals surface area (Å²) in [5, 5.41) is 14.4. The Morgan fingerprint density at radius 2 is 2.18 bits per heavy atom. The minimum absolute atomic E-state index is 0.0436. The highest BCUT2D eigenvalue weighted by Gasteiger charge is 2.19. The summed E-state index contributed by atoms with van der Waals surface area (Å²) in [6.45, 7) is 0.426. The van der Waals surface area contributed by atoms with E-state index in [1.807, 2.05) is 24.3 Å². The number of hydrogen-bond donors (Lipinski definition) is 0. The van der Waals surface area contributed by atoms with Crippen LogP contribution in [-0.2, 0) is 6.54 Å². The summed E-state index contributed by atoms with van der Waals surface area (Å²) in [5.41, 5.74) is 0.974. The molecule has 0 N–H and O–H groups in total. The van der Waals surface area contributed by atoms with E-state index in [0.29, 0.717) is 6.54 Å². The Bertz CT molecular complexity index is 570. The summed E-state index contributed by atoms with van der Waals surface area (Å²) in [7, 11) is 0. The van der Waals surface area contributed by atoms with Crippen LogP contribution >= 0.6 is 27.5 Å². The standard InChI is InChI=1S/C10H7BrClN3O2/c11-8-4-2-1-3-7(8)5-14-6-9(12)10(13-14)15(16)17/h1-4,6H,5H2. The van der Waals surface area contributed by atoms with Gasteiger partial charge in [0, 0.05) is 4.47 Å². The van der Waals surface area contributed by atoms with Crippen molar-refractivity contribution in [3.8, 4) is 0 Å². The van der Waals surface area contributed by atoms with Crippen LogP contribution < -0.4 is 0 Å². The monoisotopic (exact) mass is 315 g/mol. The highest BCUT2D eigenvalue weighted by Crippen LogP contribution is 2.23. The van der Waals surface area contributed by atoms with Gasteiger partial charge < -0.3 is 10.1 Å². The van der Waals surface area contributed by atoms with Crippen molar-refractivity contribution >= 4 is 33.3 Å². The maximum Gasteiger partial charge on any atom is 0.408 e. The first-order valence-electron chi connectivity index (χ1n) is 4.68. The van der Waals surface area contributed by atoms with E-state index in [2.05, 4.69) is 21.0 Å². The highest BCUT2D eigenvalue weighted by molar-refractivity contribution is 9.10. The molecule has 1 aromatic heterocycles. The Balaban J connectivity index is 2.28. The van der Waals surface area contributed by atoms with Crippen molar-refractivity contribution in [2.45, 2.75) is 6.54 Å². The Morgan fingerprint density at radius 3 is 2.76 bits per heavy atom. The second-order valence-corrected chi connectivity index (χ2v) is 4.61. The lowest BCUT2D eigenvalue weighted by Crippen LogP contribution is -2.01. The Kier molecular flexibility index (Phi) is 3.44. The van der Waals surface area contributed by atoms with Crippen LogP contribution in [0, 0.1) is 10.1 Å². The lowest BCUT2D eigenvalue weighted by atomic mass is 10.2. The van der Waals surface area contributed by atoms with Crippen molar-refractivity contribution in [3.05, 3.63) is 55.6 Å². The van der Waals surface area contributed by atoms with Crippen molar-refractivity contribution in [1.82, 2.24) is 9.78 Å². The molecule has 1 aromatic carbocycles. The van der Waals surface area contributed by atoms with Gasteiger partial charge in [0.2, 0.25) is 0 Å². The van der Waals surface area contributed by atoms with E-state index in [9.17, 15) is 10.1 Å². The molecule has 0 aliphatic heterocycles. The van der Waals surface area contributed by atoms with Crippen LogP contribution in [0.25, 0.3) is 0 Å². The second kappa shape index (κ2) is 4.85. The number of hydrogen-bond acceptors (Lipinski definition) is 3. The first kappa shape index (κ1) is 12.1. The number of halogens is 2. The van der Waals surface area contributed by atoms with Gasteiger partial charge in [-0.25, -0.2) is 0 Å². The topological polar surface area (TPSA) is 61.0 Å². The van der Waals surface area contributed by atoms with Gasteiger partial charge in [-0.05, 0) is 16.6 Å². The third-order valence-electron chi connectivity index (χ3n) is 2.16. The smallest absolute Gasteiger partial charge is 0.358 e. The van der Waals surface area contributed by atoms with Gasteiger partial charge in [-0.15, -0.1) is 0 Å². The molecule has 2 rings (SSSR count). The molecule has 17 heavy (non-hydrogen) atoms.